The van der Waals surface area contributed by atoms with Crippen LogP contribution in [0.5, 0.6) is 6.01 Å². The van der Waals surface area contributed by atoms with Gasteiger partial charge >= 0.3 is 6.01 Å². The molecule has 1 atom stereocenters. The van der Waals surface area contributed by atoms with E-state index < -0.39 is 6.04 Å². The lowest BCUT2D eigenvalue weighted by Crippen LogP contribution is -2.44. The third-order valence-electron chi connectivity index (χ3n) is 3.24. The smallest absolute Gasteiger partial charge is 0.322 e. The molecule has 1 aromatic rings. The van der Waals surface area contributed by atoms with Gasteiger partial charge in [-0.3, -0.25) is 4.79 Å². The fourth-order valence-electron chi connectivity index (χ4n) is 2.23. The minimum Gasteiger partial charge on any atom is -0.464 e. The van der Waals surface area contributed by atoms with E-state index >= 15 is 0 Å². The summed E-state index contributed by atoms with van der Waals surface area (Å²) in [5.74, 6) is 0.292. The van der Waals surface area contributed by atoms with Gasteiger partial charge in [0.2, 0.25) is 17.1 Å². The Kier molecular flexibility index (Phi) is 5.55. The second-order valence-electron chi connectivity index (χ2n) is 4.90. The summed E-state index contributed by atoms with van der Waals surface area (Å²) in [5, 5.41) is 3.00. The molecule has 0 radical (unpaired) electrons. The van der Waals surface area contributed by atoms with Crippen molar-refractivity contribution in [1.82, 2.24) is 19.9 Å². The molecule has 116 valence electrons. The van der Waals surface area contributed by atoms with Crippen molar-refractivity contribution in [2.45, 2.75) is 39.2 Å². The van der Waals surface area contributed by atoms with Gasteiger partial charge in [0.1, 0.15) is 6.04 Å². The van der Waals surface area contributed by atoms with Crippen LogP contribution in [-0.4, -0.2) is 51.5 Å². The van der Waals surface area contributed by atoms with Crippen molar-refractivity contribution >= 4 is 23.5 Å². The number of ether oxygens (including phenoxy) is 1. The van der Waals surface area contributed by atoms with E-state index in [2.05, 4.69) is 20.3 Å². The fourth-order valence-corrected chi connectivity index (χ4v) is 2.39. The van der Waals surface area contributed by atoms with Crippen LogP contribution in [-0.2, 0) is 4.79 Å². The molecule has 0 aliphatic carbocycles. The predicted molar refractivity (Wildman–Crippen MR) is 79.5 cm³/mol. The Bertz CT molecular complexity index is 493. The Labute approximate surface area is 129 Å². The average Bonchev–Trinajstić information content (AvgIpc) is 2.47. The SMILES string of the molecule is CCOc1nc(Cl)nc(NC(C)C(=O)N2CCCCC2)n1. The monoisotopic (exact) mass is 313 g/mol. The Balaban J connectivity index is 2.01. The lowest BCUT2D eigenvalue weighted by Gasteiger charge is -2.29. The summed E-state index contributed by atoms with van der Waals surface area (Å²) in [6.07, 6.45) is 3.31. The van der Waals surface area contributed by atoms with E-state index in [0.717, 1.165) is 25.9 Å². The zero-order chi connectivity index (χ0) is 15.2. The number of halogens is 1. The highest BCUT2D eigenvalue weighted by molar-refractivity contribution is 6.28. The van der Waals surface area contributed by atoms with Crippen molar-refractivity contribution in [3.05, 3.63) is 5.28 Å². The molecule has 1 saturated heterocycles. The van der Waals surface area contributed by atoms with E-state index in [-0.39, 0.29) is 23.1 Å². The Morgan fingerprint density at radius 3 is 2.71 bits per heavy atom. The van der Waals surface area contributed by atoms with Gasteiger partial charge in [-0.15, -0.1) is 0 Å². The molecule has 7 nitrogen and oxygen atoms in total. The Morgan fingerprint density at radius 2 is 2.05 bits per heavy atom. The number of nitrogens with one attached hydrogen (secondary N) is 1. The highest BCUT2D eigenvalue weighted by Crippen LogP contribution is 2.14. The van der Waals surface area contributed by atoms with Crippen LogP contribution in [0, 0.1) is 0 Å². The summed E-state index contributed by atoms with van der Waals surface area (Å²) in [5.41, 5.74) is 0. The standard InChI is InChI=1S/C13H20ClN5O2/c1-3-21-13-17-11(14)16-12(18-13)15-9(2)10(20)19-7-5-4-6-8-19/h9H,3-8H2,1-2H3,(H,15,16,17,18). The molecule has 1 fully saturated rings. The summed E-state index contributed by atoms with van der Waals surface area (Å²) in [4.78, 5) is 26.1. The third-order valence-corrected chi connectivity index (χ3v) is 3.41. The average molecular weight is 314 g/mol. The second-order valence-corrected chi connectivity index (χ2v) is 5.23. The number of likely N-dealkylation sites (tertiary alicyclic amines) is 1. The Hall–Kier alpha value is -1.63. The van der Waals surface area contributed by atoms with Crippen LogP contribution in [0.4, 0.5) is 5.95 Å². The summed E-state index contributed by atoms with van der Waals surface area (Å²) in [7, 11) is 0. The topological polar surface area (TPSA) is 80.2 Å². The van der Waals surface area contributed by atoms with E-state index in [0.29, 0.717) is 6.61 Å². The lowest BCUT2D eigenvalue weighted by atomic mass is 10.1. The van der Waals surface area contributed by atoms with Crippen molar-refractivity contribution < 1.29 is 9.53 Å². The Morgan fingerprint density at radius 1 is 1.33 bits per heavy atom. The molecule has 0 bridgehead atoms. The quantitative estimate of drug-likeness (QED) is 0.892. The van der Waals surface area contributed by atoms with Gasteiger partial charge in [0.05, 0.1) is 6.61 Å². The summed E-state index contributed by atoms with van der Waals surface area (Å²) in [6.45, 7) is 5.67. The highest BCUT2D eigenvalue weighted by Gasteiger charge is 2.23. The minimum absolute atomic E-state index is 0.0357. The van der Waals surface area contributed by atoms with Crippen molar-refractivity contribution in [1.29, 1.82) is 0 Å². The predicted octanol–water partition coefficient (Wildman–Crippen LogP) is 1.74. The molecular weight excluding hydrogens is 294 g/mol. The van der Waals surface area contributed by atoms with Crippen LogP contribution in [0.2, 0.25) is 5.28 Å². The second kappa shape index (κ2) is 7.40. The molecule has 0 saturated carbocycles. The van der Waals surface area contributed by atoms with Crippen molar-refractivity contribution in [3.8, 4) is 6.01 Å². The van der Waals surface area contributed by atoms with Gasteiger partial charge in [-0.1, -0.05) is 0 Å². The zero-order valence-electron chi connectivity index (χ0n) is 12.3. The molecule has 2 rings (SSSR count). The number of rotatable bonds is 5. The van der Waals surface area contributed by atoms with Crippen molar-refractivity contribution in [2.75, 3.05) is 25.0 Å². The highest BCUT2D eigenvalue weighted by atomic mass is 35.5. The van der Waals surface area contributed by atoms with Gasteiger partial charge in [0, 0.05) is 13.1 Å². The van der Waals surface area contributed by atoms with E-state index in [1.807, 2.05) is 11.8 Å². The van der Waals surface area contributed by atoms with Crippen LogP contribution in [0.3, 0.4) is 0 Å². The minimum atomic E-state index is -0.420. The van der Waals surface area contributed by atoms with Crippen molar-refractivity contribution in [2.24, 2.45) is 0 Å². The van der Waals surface area contributed by atoms with Gasteiger partial charge in [-0.2, -0.15) is 15.0 Å². The lowest BCUT2D eigenvalue weighted by molar-refractivity contribution is -0.132. The number of hydrogen-bond acceptors (Lipinski definition) is 6. The van der Waals surface area contributed by atoms with Crippen LogP contribution in [0.25, 0.3) is 0 Å². The normalized spacial score (nSPS) is 16.4. The maximum atomic E-state index is 12.3. The first kappa shape index (κ1) is 15.8. The number of aromatic nitrogens is 3. The molecular formula is C13H20ClN5O2. The molecule has 2 heterocycles. The first-order valence-corrected chi connectivity index (χ1v) is 7.57. The summed E-state index contributed by atoms with van der Waals surface area (Å²) in [6, 6.07) is -0.270. The van der Waals surface area contributed by atoms with Crippen LogP contribution >= 0.6 is 11.6 Å². The van der Waals surface area contributed by atoms with Gasteiger partial charge in [0.15, 0.2) is 0 Å². The maximum Gasteiger partial charge on any atom is 0.322 e. The molecule has 1 aromatic heterocycles. The summed E-state index contributed by atoms with van der Waals surface area (Å²) < 4.78 is 5.20. The first-order chi connectivity index (χ1) is 10.1. The number of piperidine rings is 1. The molecule has 1 N–H and O–H groups in total. The van der Waals surface area contributed by atoms with E-state index in [4.69, 9.17) is 16.3 Å². The number of anilines is 1. The van der Waals surface area contributed by atoms with Crippen molar-refractivity contribution in [3.63, 3.8) is 0 Å². The number of carbonyl (C=O) groups is 1. The van der Waals surface area contributed by atoms with E-state index in [9.17, 15) is 4.79 Å². The van der Waals surface area contributed by atoms with E-state index in [1.165, 1.54) is 6.42 Å². The summed E-state index contributed by atoms with van der Waals surface area (Å²) >= 11 is 5.82. The molecule has 8 heteroatoms. The number of hydrogen-bond donors (Lipinski definition) is 1. The number of nitrogens with zero attached hydrogens (tertiary/aromatic N) is 4. The molecule has 1 unspecified atom stereocenters. The molecule has 1 aliphatic heterocycles. The molecule has 1 aliphatic rings. The third kappa shape index (κ3) is 4.42. The van der Waals surface area contributed by atoms with Crippen LogP contribution < -0.4 is 10.1 Å². The van der Waals surface area contributed by atoms with Gasteiger partial charge in [0.25, 0.3) is 0 Å². The maximum absolute atomic E-state index is 12.3. The molecule has 0 aromatic carbocycles. The number of carbonyl (C=O) groups excluding carboxylic acids is 1. The van der Waals surface area contributed by atoms with Gasteiger partial charge in [-0.05, 0) is 44.7 Å². The fraction of sp³-hybridized carbons (Fsp3) is 0.692. The van der Waals surface area contributed by atoms with Gasteiger partial charge < -0.3 is 15.0 Å². The molecule has 0 spiro atoms. The number of amides is 1. The van der Waals surface area contributed by atoms with Crippen LogP contribution in [0.1, 0.15) is 33.1 Å². The zero-order valence-corrected chi connectivity index (χ0v) is 13.1. The molecule has 1 amide bonds. The first-order valence-electron chi connectivity index (χ1n) is 7.20. The van der Waals surface area contributed by atoms with Gasteiger partial charge in [-0.25, -0.2) is 0 Å². The van der Waals surface area contributed by atoms with Crippen LogP contribution in [0.15, 0.2) is 0 Å². The molecule has 21 heavy (non-hydrogen) atoms. The largest absolute Gasteiger partial charge is 0.464 e. The van der Waals surface area contributed by atoms with E-state index in [1.54, 1.807) is 6.92 Å².